The van der Waals surface area contributed by atoms with Gasteiger partial charge in [0.2, 0.25) is 0 Å². The van der Waals surface area contributed by atoms with Crippen LogP contribution in [0.3, 0.4) is 0 Å². The number of fused-ring (bicyclic) bond motifs is 1. The maximum atomic E-state index is 12.3. The van der Waals surface area contributed by atoms with Gasteiger partial charge in [0.1, 0.15) is 11.4 Å². The van der Waals surface area contributed by atoms with Gasteiger partial charge in [-0.1, -0.05) is 23.3 Å². The van der Waals surface area contributed by atoms with Crippen molar-refractivity contribution in [2.24, 2.45) is 0 Å². The molecule has 1 N–H and O–H groups in total. The van der Waals surface area contributed by atoms with E-state index in [2.05, 4.69) is 10.3 Å². The zero-order valence-electron chi connectivity index (χ0n) is 16.1. The van der Waals surface area contributed by atoms with Gasteiger partial charge in [0.25, 0.3) is 11.8 Å². The Hall–Kier alpha value is -3.75. The minimum atomic E-state index is -0.861. The van der Waals surface area contributed by atoms with E-state index in [1.54, 1.807) is 45.0 Å². The lowest BCUT2D eigenvalue weighted by Gasteiger charge is -2.20. The number of aromatic nitrogens is 1. The van der Waals surface area contributed by atoms with E-state index in [4.69, 9.17) is 9.57 Å². The number of hydrogen-bond acceptors (Lipinski definition) is 7. The van der Waals surface area contributed by atoms with Crippen molar-refractivity contribution in [2.75, 3.05) is 5.32 Å². The van der Waals surface area contributed by atoms with Crippen LogP contribution in [0.4, 0.5) is 10.6 Å². The highest BCUT2D eigenvalue weighted by Gasteiger charge is 2.38. The lowest BCUT2D eigenvalue weighted by Crippen LogP contribution is -2.33. The van der Waals surface area contributed by atoms with Gasteiger partial charge in [0, 0.05) is 11.8 Å². The molecule has 9 nitrogen and oxygen atoms in total. The second kappa shape index (κ2) is 7.70. The third-order valence-electron chi connectivity index (χ3n) is 3.80. The van der Waals surface area contributed by atoms with Crippen molar-refractivity contribution in [3.63, 3.8) is 0 Å². The molecule has 29 heavy (non-hydrogen) atoms. The summed E-state index contributed by atoms with van der Waals surface area (Å²) < 4.78 is 5.17. The first-order valence-corrected chi connectivity index (χ1v) is 8.78. The minimum Gasteiger partial charge on any atom is -0.444 e. The van der Waals surface area contributed by atoms with Gasteiger partial charge < -0.3 is 9.57 Å². The second-order valence-corrected chi connectivity index (χ2v) is 7.23. The number of imide groups is 1. The van der Waals surface area contributed by atoms with Crippen molar-refractivity contribution in [1.82, 2.24) is 10.0 Å². The molecule has 1 aliphatic heterocycles. The summed E-state index contributed by atoms with van der Waals surface area (Å²) in [5, 5.41) is 2.91. The Bertz CT molecular complexity index is 961. The van der Waals surface area contributed by atoms with E-state index in [-0.39, 0.29) is 23.4 Å². The normalized spacial score (nSPS) is 13.1. The van der Waals surface area contributed by atoms with Crippen molar-refractivity contribution in [1.29, 1.82) is 0 Å². The largest absolute Gasteiger partial charge is 0.444 e. The van der Waals surface area contributed by atoms with Crippen LogP contribution in [0.5, 0.6) is 0 Å². The molecule has 0 aliphatic carbocycles. The average molecular weight is 397 g/mol. The standard InChI is InChI=1S/C20H19N3O6/c1-20(2,3)28-19(27)22-16-12(7-6-10-21-16)11-15(24)29-23-17(25)13-8-4-5-9-14(13)18(23)26/h4-10H,11H2,1-3H3,(H,21,22,27). The number of benzene rings is 1. The lowest BCUT2D eigenvalue weighted by molar-refractivity contribution is -0.167. The first-order valence-electron chi connectivity index (χ1n) is 8.78. The number of carbonyl (C=O) groups excluding carboxylic acids is 4. The molecule has 0 saturated carbocycles. The highest BCUT2D eigenvalue weighted by Crippen LogP contribution is 2.23. The smallest absolute Gasteiger partial charge is 0.413 e. The van der Waals surface area contributed by atoms with Crippen molar-refractivity contribution < 1.29 is 28.8 Å². The number of ether oxygens (including phenoxy) is 1. The summed E-state index contributed by atoms with van der Waals surface area (Å²) in [6.07, 6.45) is 0.379. The molecule has 0 radical (unpaired) electrons. The Balaban J connectivity index is 1.69. The van der Waals surface area contributed by atoms with E-state index in [1.807, 2.05) is 0 Å². The highest BCUT2D eigenvalue weighted by molar-refractivity contribution is 6.20. The molecule has 0 unspecified atom stereocenters. The molecule has 0 bridgehead atoms. The average Bonchev–Trinajstić information content (AvgIpc) is 2.87. The molecule has 1 aromatic heterocycles. The fraction of sp³-hybridized carbons (Fsp3) is 0.250. The molecule has 0 saturated heterocycles. The van der Waals surface area contributed by atoms with Crippen LogP contribution in [0, 0.1) is 0 Å². The maximum Gasteiger partial charge on any atom is 0.413 e. The first kappa shape index (κ1) is 20.0. The van der Waals surface area contributed by atoms with Crippen LogP contribution in [0.2, 0.25) is 0 Å². The molecule has 0 spiro atoms. The Labute approximate surface area is 166 Å². The molecule has 2 aromatic rings. The first-order chi connectivity index (χ1) is 13.7. The molecule has 2 heterocycles. The van der Waals surface area contributed by atoms with Crippen molar-refractivity contribution >= 4 is 29.7 Å². The number of carbonyl (C=O) groups is 4. The predicted octanol–water partition coefficient (Wildman–Crippen LogP) is 2.73. The molecule has 0 atom stereocenters. The van der Waals surface area contributed by atoms with Gasteiger partial charge in [-0.15, -0.1) is 0 Å². The van der Waals surface area contributed by atoms with Crippen LogP contribution < -0.4 is 5.32 Å². The van der Waals surface area contributed by atoms with E-state index in [9.17, 15) is 19.2 Å². The van der Waals surface area contributed by atoms with Gasteiger partial charge in [-0.25, -0.2) is 14.6 Å². The SMILES string of the molecule is CC(C)(C)OC(=O)Nc1ncccc1CC(=O)ON1C(=O)c2ccccc2C1=O. The van der Waals surface area contributed by atoms with Crippen LogP contribution in [-0.2, 0) is 20.8 Å². The fourth-order valence-corrected chi connectivity index (χ4v) is 2.63. The van der Waals surface area contributed by atoms with E-state index >= 15 is 0 Å². The summed E-state index contributed by atoms with van der Waals surface area (Å²) in [5.41, 5.74) is -0.0402. The number of hydrogen-bond donors (Lipinski definition) is 1. The molecule has 9 heteroatoms. The van der Waals surface area contributed by atoms with Gasteiger partial charge in [0.15, 0.2) is 0 Å². The third kappa shape index (κ3) is 4.57. The summed E-state index contributed by atoms with van der Waals surface area (Å²) >= 11 is 0. The maximum absolute atomic E-state index is 12.3. The third-order valence-corrected chi connectivity index (χ3v) is 3.80. The molecular weight excluding hydrogens is 378 g/mol. The minimum absolute atomic E-state index is 0.112. The topological polar surface area (TPSA) is 115 Å². The van der Waals surface area contributed by atoms with E-state index < -0.39 is 29.5 Å². The molecule has 1 aliphatic rings. The molecule has 150 valence electrons. The highest BCUT2D eigenvalue weighted by atomic mass is 16.7. The Morgan fingerprint density at radius 1 is 1.03 bits per heavy atom. The molecule has 1 aromatic carbocycles. The van der Waals surface area contributed by atoms with Crippen LogP contribution in [0.25, 0.3) is 0 Å². The van der Waals surface area contributed by atoms with Crippen LogP contribution in [-0.4, -0.2) is 39.5 Å². The zero-order chi connectivity index (χ0) is 21.2. The van der Waals surface area contributed by atoms with E-state index in [0.29, 0.717) is 10.6 Å². The van der Waals surface area contributed by atoms with Crippen LogP contribution in [0.1, 0.15) is 47.1 Å². The number of nitrogens with one attached hydrogen (secondary N) is 1. The molecular formula is C20H19N3O6. The monoisotopic (exact) mass is 397 g/mol. The Morgan fingerprint density at radius 3 is 2.24 bits per heavy atom. The van der Waals surface area contributed by atoms with E-state index in [0.717, 1.165) is 0 Å². The number of anilines is 1. The summed E-state index contributed by atoms with van der Waals surface area (Å²) in [7, 11) is 0. The molecule has 3 amide bonds. The van der Waals surface area contributed by atoms with Crippen LogP contribution >= 0.6 is 0 Å². The summed E-state index contributed by atoms with van der Waals surface area (Å²) in [6, 6.07) is 9.31. The van der Waals surface area contributed by atoms with Gasteiger partial charge in [-0.2, -0.15) is 0 Å². The van der Waals surface area contributed by atoms with Gasteiger partial charge in [0.05, 0.1) is 17.5 Å². The second-order valence-electron chi connectivity index (χ2n) is 7.23. The van der Waals surface area contributed by atoms with Crippen molar-refractivity contribution in [3.8, 4) is 0 Å². The number of pyridine rings is 1. The number of rotatable bonds is 4. The molecule has 3 rings (SSSR count). The molecule has 0 fully saturated rings. The van der Waals surface area contributed by atoms with E-state index in [1.165, 1.54) is 18.3 Å². The quantitative estimate of drug-likeness (QED) is 0.789. The lowest BCUT2D eigenvalue weighted by atomic mass is 10.1. The fourth-order valence-electron chi connectivity index (χ4n) is 2.63. The van der Waals surface area contributed by atoms with Crippen molar-refractivity contribution in [3.05, 3.63) is 59.3 Å². The Kier molecular flexibility index (Phi) is 5.31. The predicted molar refractivity (Wildman–Crippen MR) is 101 cm³/mol. The van der Waals surface area contributed by atoms with Crippen molar-refractivity contribution in [2.45, 2.75) is 32.8 Å². The van der Waals surface area contributed by atoms with Crippen LogP contribution in [0.15, 0.2) is 42.6 Å². The number of hydroxylamine groups is 2. The van der Waals surface area contributed by atoms with Gasteiger partial charge in [-0.05, 0) is 39.0 Å². The summed E-state index contributed by atoms with van der Waals surface area (Å²) in [5.74, 6) is -2.17. The number of amides is 3. The van der Waals surface area contributed by atoms with Gasteiger partial charge >= 0.3 is 12.1 Å². The summed E-state index contributed by atoms with van der Waals surface area (Å²) in [6.45, 7) is 5.14. The zero-order valence-corrected chi connectivity index (χ0v) is 16.1. The Morgan fingerprint density at radius 2 is 1.66 bits per heavy atom. The van der Waals surface area contributed by atoms with Gasteiger partial charge in [-0.3, -0.25) is 14.9 Å². The number of nitrogens with zero attached hydrogens (tertiary/aromatic N) is 2. The summed E-state index contributed by atoms with van der Waals surface area (Å²) in [4.78, 5) is 57.9.